The van der Waals surface area contributed by atoms with E-state index < -0.39 is 6.23 Å². The molecule has 3 nitrogen and oxygen atoms in total. The van der Waals surface area contributed by atoms with Crippen LogP contribution in [0.5, 0.6) is 0 Å². The fraction of sp³-hybridized carbons (Fsp3) is 0.917. The molecule has 1 saturated heterocycles. The molecule has 1 N–H and O–H groups in total. The highest BCUT2D eigenvalue weighted by Gasteiger charge is 2.47. The summed E-state index contributed by atoms with van der Waals surface area (Å²) in [6.07, 6.45) is -0.0682. The third-order valence-corrected chi connectivity index (χ3v) is 3.05. The number of likely N-dealkylation sites (tertiary alicyclic amines) is 1. The van der Waals surface area contributed by atoms with Gasteiger partial charge in [0.05, 0.1) is 0 Å². The quantitative estimate of drug-likeness (QED) is 0.668. The van der Waals surface area contributed by atoms with Crippen molar-refractivity contribution in [3.8, 4) is 0 Å². The van der Waals surface area contributed by atoms with E-state index in [9.17, 15) is 9.90 Å². The van der Waals surface area contributed by atoms with E-state index in [1.807, 2.05) is 20.8 Å². The Morgan fingerprint density at radius 1 is 1.20 bits per heavy atom. The van der Waals surface area contributed by atoms with Crippen molar-refractivity contribution in [2.45, 2.75) is 59.7 Å². The van der Waals surface area contributed by atoms with E-state index >= 15 is 0 Å². The van der Waals surface area contributed by atoms with Crippen molar-refractivity contribution in [1.29, 1.82) is 0 Å². The van der Waals surface area contributed by atoms with Gasteiger partial charge in [-0.15, -0.1) is 0 Å². The van der Waals surface area contributed by atoms with E-state index in [0.717, 1.165) is 0 Å². The minimum atomic E-state index is -0.623. The number of carbonyl (C=O) groups excluding carboxylic acids is 1. The van der Waals surface area contributed by atoms with Crippen molar-refractivity contribution in [3.63, 3.8) is 0 Å². The molecule has 15 heavy (non-hydrogen) atoms. The lowest BCUT2D eigenvalue weighted by molar-refractivity contribution is -0.144. The van der Waals surface area contributed by atoms with Crippen LogP contribution in [0.25, 0.3) is 0 Å². The maximum absolute atomic E-state index is 12.2. The summed E-state index contributed by atoms with van der Waals surface area (Å²) in [4.78, 5) is 13.8. The van der Waals surface area contributed by atoms with Crippen molar-refractivity contribution in [2.24, 2.45) is 11.3 Å². The molecule has 0 radical (unpaired) electrons. The molecular formula is C12H23NO2. The van der Waals surface area contributed by atoms with Gasteiger partial charge in [-0.05, 0) is 26.2 Å². The first-order chi connectivity index (χ1) is 6.55. The highest BCUT2D eigenvalue weighted by Crippen LogP contribution is 2.39. The van der Waals surface area contributed by atoms with E-state index in [1.165, 1.54) is 0 Å². The number of aliphatic hydroxyl groups excluding tert-OH is 1. The second-order valence-electron chi connectivity index (χ2n) is 6.51. The van der Waals surface area contributed by atoms with Crippen LogP contribution in [-0.4, -0.2) is 27.7 Å². The molecule has 88 valence electrons. The van der Waals surface area contributed by atoms with Crippen LogP contribution in [0.2, 0.25) is 0 Å². The summed E-state index contributed by atoms with van der Waals surface area (Å²) in [5.41, 5.74) is -0.367. The van der Waals surface area contributed by atoms with E-state index in [4.69, 9.17) is 0 Å². The molecule has 2 unspecified atom stereocenters. The summed E-state index contributed by atoms with van der Waals surface area (Å²) in [5, 5.41) is 9.93. The standard InChI is InChI=1S/C12H23NO2/c1-11(2,3)8-7-9(14)13(10(8)15)12(4,5)6/h8-9,14H,7H2,1-6H3. The van der Waals surface area contributed by atoms with Crippen LogP contribution >= 0.6 is 0 Å². The number of aliphatic hydroxyl groups is 1. The first-order valence-corrected chi connectivity index (χ1v) is 5.56. The lowest BCUT2D eigenvalue weighted by Gasteiger charge is -2.35. The highest BCUT2D eigenvalue weighted by molar-refractivity contribution is 5.82. The zero-order chi connectivity index (χ0) is 12.0. The van der Waals surface area contributed by atoms with Crippen LogP contribution in [-0.2, 0) is 4.79 Å². The van der Waals surface area contributed by atoms with Gasteiger partial charge in [0.25, 0.3) is 0 Å². The third-order valence-electron chi connectivity index (χ3n) is 3.05. The number of hydrogen-bond acceptors (Lipinski definition) is 2. The highest BCUT2D eigenvalue weighted by atomic mass is 16.3. The topological polar surface area (TPSA) is 40.5 Å². The van der Waals surface area contributed by atoms with E-state index in [-0.39, 0.29) is 22.8 Å². The predicted octanol–water partition coefficient (Wildman–Crippen LogP) is 2.00. The van der Waals surface area contributed by atoms with E-state index in [2.05, 4.69) is 20.8 Å². The first-order valence-electron chi connectivity index (χ1n) is 5.56. The van der Waals surface area contributed by atoms with Gasteiger partial charge in [0.1, 0.15) is 6.23 Å². The number of hydrogen-bond donors (Lipinski definition) is 1. The van der Waals surface area contributed by atoms with Crippen molar-refractivity contribution in [2.75, 3.05) is 0 Å². The van der Waals surface area contributed by atoms with Gasteiger partial charge in [-0.25, -0.2) is 0 Å². The summed E-state index contributed by atoms with van der Waals surface area (Å²) in [6.45, 7) is 12.0. The van der Waals surface area contributed by atoms with Gasteiger partial charge < -0.3 is 10.0 Å². The maximum atomic E-state index is 12.2. The van der Waals surface area contributed by atoms with Crippen LogP contribution < -0.4 is 0 Å². The van der Waals surface area contributed by atoms with Crippen LogP contribution in [0.1, 0.15) is 48.0 Å². The molecule has 0 bridgehead atoms. The summed E-state index contributed by atoms with van der Waals surface area (Å²) >= 11 is 0. The molecule has 0 saturated carbocycles. The molecule has 1 amide bonds. The molecule has 3 heteroatoms. The molecule has 1 rings (SSSR count). The minimum absolute atomic E-state index is 0.0632. The van der Waals surface area contributed by atoms with Gasteiger partial charge in [-0.3, -0.25) is 4.79 Å². The Bertz CT molecular complexity index is 260. The lowest BCUT2D eigenvalue weighted by atomic mass is 9.79. The average molecular weight is 213 g/mol. The molecule has 0 aromatic heterocycles. The van der Waals surface area contributed by atoms with Gasteiger partial charge >= 0.3 is 0 Å². The molecule has 0 aromatic rings. The minimum Gasteiger partial charge on any atom is -0.373 e. The number of carbonyl (C=O) groups is 1. The number of amides is 1. The fourth-order valence-electron chi connectivity index (χ4n) is 2.23. The first kappa shape index (κ1) is 12.5. The monoisotopic (exact) mass is 213 g/mol. The summed E-state index contributed by atoms with van der Waals surface area (Å²) in [5.74, 6) is 0.0224. The number of nitrogens with zero attached hydrogens (tertiary/aromatic N) is 1. The Morgan fingerprint density at radius 2 is 1.67 bits per heavy atom. The van der Waals surface area contributed by atoms with Crippen LogP contribution in [0, 0.1) is 11.3 Å². The molecule has 1 heterocycles. The zero-order valence-corrected chi connectivity index (χ0v) is 10.7. The van der Waals surface area contributed by atoms with Crippen molar-refractivity contribution < 1.29 is 9.90 Å². The normalized spacial score (nSPS) is 28.7. The lowest BCUT2D eigenvalue weighted by Crippen LogP contribution is -2.48. The SMILES string of the molecule is CC(C)(C)C1CC(O)N(C(C)(C)C)C1=O. The Balaban J connectivity index is 2.94. The Labute approximate surface area is 92.5 Å². The van der Waals surface area contributed by atoms with E-state index in [0.29, 0.717) is 6.42 Å². The van der Waals surface area contributed by atoms with Gasteiger partial charge in [-0.2, -0.15) is 0 Å². The van der Waals surface area contributed by atoms with Gasteiger partial charge in [0.2, 0.25) is 5.91 Å². The molecule has 0 aromatic carbocycles. The second kappa shape index (κ2) is 3.48. The average Bonchev–Trinajstić information content (AvgIpc) is 2.22. The molecule has 0 aliphatic carbocycles. The van der Waals surface area contributed by atoms with Crippen molar-refractivity contribution >= 4 is 5.91 Å². The van der Waals surface area contributed by atoms with Crippen LogP contribution in [0.15, 0.2) is 0 Å². The predicted molar refractivity (Wildman–Crippen MR) is 60.2 cm³/mol. The summed E-state index contributed by atoms with van der Waals surface area (Å²) in [6, 6.07) is 0. The Kier molecular flexibility index (Phi) is 2.90. The molecule has 1 aliphatic heterocycles. The molecule has 1 aliphatic rings. The van der Waals surface area contributed by atoms with E-state index in [1.54, 1.807) is 4.90 Å². The molecule has 2 atom stereocenters. The second-order valence-corrected chi connectivity index (χ2v) is 6.51. The van der Waals surface area contributed by atoms with Crippen LogP contribution in [0.4, 0.5) is 0 Å². The largest absolute Gasteiger partial charge is 0.373 e. The third kappa shape index (κ3) is 2.33. The number of rotatable bonds is 0. The smallest absolute Gasteiger partial charge is 0.228 e. The molecule has 1 fully saturated rings. The zero-order valence-electron chi connectivity index (χ0n) is 10.7. The van der Waals surface area contributed by atoms with Crippen LogP contribution in [0.3, 0.4) is 0 Å². The Morgan fingerprint density at radius 3 is 1.87 bits per heavy atom. The van der Waals surface area contributed by atoms with Crippen molar-refractivity contribution in [3.05, 3.63) is 0 Å². The summed E-state index contributed by atoms with van der Waals surface area (Å²) < 4.78 is 0. The Hall–Kier alpha value is -0.570. The van der Waals surface area contributed by atoms with Gasteiger partial charge in [-0.1, -0.05) is 20.8 Å². The van der Waals surface area contributed by atoms with Crippen molar-refractivity contribution in [1.82, 2.24) is 4.90 Å². The molecule has 0 spiro atoms. The summed E-state index contributed by atoms with van der Waals surface area (Å²) in [7, 11) is 0. The van der Waals surface area contributed by atoms with Gasteiger partial charge in [0.15, 0.2) is 0 Å². The maximum Gasteiger partial charge on any atom is 0.228 e. The van der Waals surface area contributed by atoms with Gasteiger partial charge in [0, 0.05) is 17.9 Å². The fourth-order valence-corrected chi connectivity index (χ4v) is 2.23. The molecular weight excluding hydrogens is 190 g/mol.